The zero-order valence-electron chi connectivity index (χ0n) is 13.8. The standard InChI is InChI=1S/C19H23NO2S2/c1-14(21)16-7-8-17(24-16)19(10-2-3-11-19)13-20-18(22)9-6-15-5-4-12-23-15/h4-9,12,14,21H,2-3,10-11,13H2,1H3,(H,20,22). The van der Waals surface area contributed by atoms with Crippen molar-refractivity contribution in [1.29, 1.82) is 0 Å². The maximum atomic E-state index is 12.2. The van der Waals surface area contributed by atoms with Crippen LogP contribution in [0.5, 0.6) is 0 Å². The monoisotopic (exact) mass is 361 g/mol. The van der Waals surface area contributed by atoms with E-state index in [1.165, 1.54) is 17.7 Å². The van der Waals surface area contributed by atoms with E-state index in [1.54, 1.807) is 35.7 Å². The smallest absolute Gasteiger partial charge is 0.244 e. The van der Waals surface area contributed by atoms with Crippen molar-refractivity contribution in [2.24, 2.45) is 0 Å². The second-order valence-corrected chi connectivity index (χ2v) is 8.53. The lowest BCUT2D eigenvalue weighted by Crippen LogP contribution is -2.37. The van der Waals surface area contributed by atoms with Gasteiger partial charge >= 0.3 is 0 Å². The summed E-state index contributed by atoms with van der Waals surface area (Å²) >= 11 is 3.30. The first-order valence-electron chi connectivity index (χ1n) is 8.37. The number of amides is 1. The van der Waals surface area contributed by atoms with Gasteiger partial charge in [-0.1, -0.05) is 18.9 Å². The maximum absolute atomic E-state index is 12.2. The number of nitrogens with one attached hydrogen (secondary N) is 1. The van der Waals surface area contributed by atoms with Crippen LogP contribution in [0.25, 0.3) is 6.08 Å². The van der Waals surface area contributed by atoms with Crippen molar-refractivity contribution in [2.45, 2.75) is 44.1 Å². The van der Waals surface area contributed by atoms with E-state index in [-0.39, 0.29) is 11.3 Å². The molecule has 3 rings (SSSR count). The Balaban J connectivity index is 1.66. The summed E-state index contributed by atoms with van der Waals surface area (Å²) in [5, 5.41) is 14.9. The van der Waals surface area contributed by atoms with Crippen LogP contribution < -0.4 is 5.32 Å². The van der Waals surface area contributed by atoms with E-state index >= 15 is 0 Å². The third-order valence-electron chi connectivity index (χ3n) is 4.67. The first kappa shape index (κ1) is 17.4. The molecule has 1 amide bonds. The lowest BCUT2D eigenvalue weighted by atomic mass is 9.84. The fraction of sp³-hybridized carbons (Fsp3) is 0.421. The van der Waals surface area contributed by atoms with E-state index < -0.39 is 6.10 Å². The van der Waals surface area contributed by atoms with Crippen LogP contribution in [0.15, 0.2) is 35.7 Å². The van der Waals surface area contributed by atoms with Crippen LogP contribution in [-0.4, -0.2) is 17.6 Å². The van der Waals surface area contributed by atoms with E-state index in [9.17, 15) is 9.90 Å². The highest BCUT2D eigenvalue weighted by atomic mass is 32.1. The van der Waals surface area contributed by atoms with Gasteiger partial charge in [-0.15, -0.1) is 22.7 Å². The van der Waals surface area contributed by atoms with Crippen LogP contribution in [0.1, 0.15) is 53.3 Å². The number of rotatable bonds is 6. The minimum atomic E-state index is -0.425. The van der Waals surface area contributed by atoms with Crippen LogP contribution in [0.3, 0.4) is 0 Å². The average Bonchev–Trinajstić information content (AvgIpc) is 3.32. The molecular formula is C19H23NO2S2. The Bertz CT molecular complexity index is 695. The SMILES string of the molecule is CC(O)c1ccc(C2(CNC(=O)C=Cc3cccs3)CCCC2)s1. The van der Waals surface area contributed by atoms with Gasteiger partial charge in [0.05, 0.1) is 6.10 Å². The third-order valence-corrected chi connectivity index (χ3v) is 7.00. The topological polar surface area (TPSA) is 49.3 Å². The van der Waals surface area contributed by atoms with Crippen LogP contribution >= 0.6 is 22.7 Å². The molecule has 0 saturated heterocycles. The van der Waals surface area contributed by atoms with Crippen molar-refractivity contribution in [3.8, 4) is 0 Å². The zero-order valence-corrected chi connectivity index (χ0v) is 15.5. The normalized spacial score (nSPS) is 18.1. The summed E-state index contributed by atoms with van der Waals surface area (Å²) in [6.45, 7) is 2.47. The van der Waals surface area contributed by atoms with Gasteiger partial charge in [-0.2, -0.15) is 0 Å². The van der Waals surface area contributed by atoms with Crippen LogP contribution in [0.4, 0.5) is 0 Å². The highest BCUT2D eigenvalue weighted by molar-refractivity contribution is 7.12. The Labute approximate surface area is 151 Å². The Kier molecular flexibility index (Phi) is 5.54. The van der Waals surface area contributed by atoms with E-state index in [0.717, 1.165) is 22.6 Å². The molecule has 128 valence electrons. The zero-order chi connectivity index (χ0) is 17.0. The van der Waals surface area contributed by atoms with Crippen molar-refractivity contribution in [1.82, 2.24) is 5.32 Å². The van der Waals surface area contributed by atoms with Crippen LogP contribution in [0.2, 0.25) is 0 Å². The highest BCUT2D eigenvalue weighted by Crippen LogP contribution is 2.44. The van der Waals surface area contributed by atoms with E-state index in [1.807, 2.05) is 29.7 Å². The van der Waals surface area contributed by atoms with Crippen molar-refractivity contribution < 1.29 is 9.90 Å². The number of hydrogen-bond donors (Lipinski definition) is 2. The molecule has 2 N–H and O–H groups in total. The Hall–Kier alpha value is -1.43. The molecule has 0 aliphatic heterocycles. The number of thiophene rings is 2. The van der Waals surface area contributed by atoms with Crippen molar-refractivity contribution in [3.63, 3.8) is 0 Å². The second-order valence-electron chi connectivity index (χ2n) is 6.43. The molecule has 1 atom stereocenters. The number of carbonyl (C=O) groups is 1. The molecule has 1 unspecified atom stereocenters. The maximum Gasteiger partial charge on any atom is 0.244 e. The molecule has 0 spiro atoms. The lowest BCUT2D eigenvalue weighted by molar-refractivity contribution is -0.116. The van der Waals surface area contributed by atoms with Gasteiger partial charge in [0.2, 0.25) is 5.91 Å². The molecule has 0 radical (unpaired) electrons. The first-order chi connectivity index (χ1) is 11.6. The van der Waals surface area contributed by atoms with Gasteiger partial charge in [0.1, 0.15) is 0 Å². The molecule has 1 saturated carbocycles. The molecule has 1 fully saturated rings. The average molecular weight is 362 g/mol. The fourth-order valence-electron chi connectivity index (χ4n) is 3.28. The summed E-state index contributed by atoms with van der Waals surface area (Å²) in [5.41, 5.74) is 0.0320. The largest absolute Gasteiger partial charge is 0.388 e. The van der Waals surface area contributed by atoms with Gasteiger partial charge in [-0.3, -0.25) is 4.79 Å². The number of aliphatic hydroxyl groups is 1. The predicted octanol–water partition coefficient (Wildman–Crippen LogP) is 4.50. The molecule has 0 bridgehead atoms. The highest BCUT2D eigenvalue weighted by Gasteiger charge is 2.37. The molecule has 3 nitrogen and oxygen atoms in total. The molecule has 2 aromatic rings. The fourth-order valence-corrected chi connectivity index (χ4v) is 5.09. The lowest BCUT2D eigenvalue weighted by Gasteiger charge is -2.28. The number of carbonyl (C=O) groups excluding carboxylic acids is 1. The minimum Gasteiger partial charge on any atom is -0.388 e. The van der Waals surface area contributed by atoms with Crippen LogP contribution in [0, 0.1) is 0 Å². The van der Waals surface area contributed by atoms with Gasteiger partial charge in [0.15, 0.2) is 0 Å². The quantitative estimate of drug-likeness (QED) is 0.744. The third kappa shape index (κ3) is 3.97. The van der Waals surface area contributed by atoms with Crippen molar-refractivity contribution in [2.75, 3.05) is 6.54 Å². The molecule has 2 aromatic heterocycles. The summed E-state index contributed by atoms with van der Waals surface area (Å²) in [5.74, 6) is -0.0398. The molecule has 1 aliphatic carbocycles. The first-order valence-corrected chi connectivity index (χ1v) is 10.1. The Morgan fingerprint density at radius 2 is 2.17 bits per heavy atom. The summed E-state index contributed by atoms with van der Waals surface area (Å²) in [6, 6.07) is 8.12. The van der Waals surface area contributed by atoms with Gasteiger partial charge in [0.25, 0.3) is 0 Å². The van der Waals surface area contributed by atoms with Gasteiger partial charge in [-0.05, 0) is 49.4 Å². The van der Waals surface area contributed by atoms with E-state index in [4.69, 9.17) is 0 Å². The molecule has 24 heavy (non-hydrogen) atoms. The molecule has 5 heteroatoms. The summed E-state index contributed by atoms with van der Waals surface area (Å²) < 4.78 is 0. The Morgan fingerprint density at radius 1 is 1.38 bits per heavy atom. The van der Waals surface area contributed by atoms with Gasteiger partial charge in [0, 0.05) is 32.7 Å². The van der Waals surface area contributed by atoms with Crippen molar-refractivity contribution >= 4 is 34.7 Å². The number of hydrogen-bond acceptors (Lipinski definition) is 4. The molecule has 1 aliphatic rings. The van der Waals surface area contributed by atoms with Crippen LogP contribution in [-0.2, 0) is 10.2 Å². The summed E-state index contributed by atoms with van der Waals surface area (Å²) in [4.78, 5) is 15.5. The van der Waals surface area contributed by atoms with Crippen molar-refractivity contribution in [3.05, 3.63) is 50.4 Å². The van der Waals surface area contributed by atoms with E-state index in [2.05, 4.69) is 11.4 Å². The Morgan fingerprint density at radius 3 is 2.79 bits per heavy atom. The predicted molar refractivity (Wildman–Crippen MR) is 101 cm³/mol. The molecule has 2 heterocycles. The molecular weight excluding hydrogens is 338 g/mol. The van der Waals surface area contributed by atoms with Gasteiger partial charge < -0.3 is 10.4 Å². The second kappa shape index (κ2) is 7.64. The van der Waals surface area contributed by atoms with E-state index in [0.29, 0.717) is 6.54 Å². The minimum absolute atomic E-state index is 0.0320. The number of aliphatic hydroxyl groups excluding tert-OH is 1. The summed E-state index contributed by atoms with van der Waals surface area (Å²) in [6.07, 6.45) is 7.64. The summed E-state index contributed by atoms with van der Waals surface area (Å²) in [7, 11) is 0. The molecule has 0 aromatic carbocycles. The van der Waals surface area contributed by atoms with Gasteiger partial charge in [-0.25, -0.2) is 0 Å².